The number of halogens is 1. The van der Waals surface area contributed by atoms with Gasteiger partial charge in [0, 0.05) is 39.0 Å². The van der Waals surface area contributed by atoms with Crippen molar-refractivity contribution in [3.05, 3.63) is 47.6 Å². The van der Waals surface area contributed by atoms with Crippen LogP contribution in [0.4, 0.5) is 0 Å². The maximum atomic E-state index is 5.33. The topological polar surface area (TPSA) is 66.5 Å². The molecule has 0 radical (unpaired) electrons. The zero-order valence-corrected chi connectivity index (χ0v) is 21.0. The maximum Gasteiger partial charge on any atom is 0.226 e. The van der Waals surface area contributed by atoms with Crippen LogP contribution in [0, 0.1) is 5.92 Å². The third kappa shape index (κ3) is 6.43. The van der Waals surface area contributed by atoms with E-state index in [9.17, 15) is 0 Å². The van der Waals surface area contributed by atoms with Crippen molar-refractivity contribution in [2.24, 2.45) is 10.9 Å². The Hall–Kier alpha value is -1.64. The lowest BCUT2D eigenvalue weighted by Crippen LogP contribution is -2.48. The fraction of sp³-hybridized carbons (Fsp3) is 0.609. The van der Waals surface area contributed by atoms with E-state index < -0.39 is 0 Å². The van der Waals surface area contributed by atoms with Gasteiger partial charge in [0.2, 0.25) is 5.89 Å². The molecule has 166 valence electrons. The minimum atomic E-state index is 0. The van der Waals surface area contributed by atoms with Crippen LogP contribution in [0.25, 0.3) is 0 Å². The van der Waals surface area contributed by atoms with E-state index in [1.165, 1.54) is 18.4 Å². The Morgan fingerprint density at radius 3 is 2.70 bits per heavy atom. The van der Waals surface area contributed by atoms with Crippen LogP contribution < -0.4 is 5.32 Å². The highest BCUT2D eigenvalue weighted by atomic mass is 127. The quantitative estimate of drug-likeness (QED) is 0.243. The van der Waals surface area contributed by atoms with Gasteiger partial charge in [0.15, 0.2) is 11.8 Å². The number of hydrogen-bond acceptors (Lipinski definition) is 4. The molecular weight excluding hydrogens is 489 g/mol. The first-order valence-corrected chi connectivity index (χ1v) is 10.9. The van der Waals surface area contributed by atoms with Crippen molar-refractivity contribution in [2.45, 2.75) is 58.3 Å². The van der Waals surface area contributed by atoms with E-state index in [4.69, 9.17) is 4.52 Å². The molecule has 6 nitrogen and oxygen atoms in total. The van der Waals surface area contributed by atoms with Crippen molar-refractivity contribution >= 4 is 29.9 Å². The monoisotopic (exact) mass is 525 g/mol. The molecule has 1 aromatic heterocycles. The predicted octanol–water partition coefficient (Wildman–Crippen LogP) is 4.83. The lowest BCUT2D eigenvalue weighted by Gasteiger charge is -2.40. The van der Waals surface area contributed by atoms with E-state index in [1.807, 2.05) is 7.05 Å². The number of aryl methyl sites for hydroxylation is 1. The summed E-state index contributed by atoms with van der Waals surface area (Å²) in [5, 5.41) is 7.55. The molecule has 7 heteroatoms. The Balaban J connectivity index is 0.00000320. The Morgan fingerprint density at radius 2 is 2.07 bits per heavy atom. The van der Waals surface area contributed by atoms with Crippen LogP contribution in [-0.2, 0) is 6.42 Å². The largest absolute Gasteiger partial charge is 0.356 e. The molecular formula is C23H36IN5O. The molecule has 1 aliphatic heterocycles. The van der Waals surface area contributed by atoms with Gasteiger partial charge in [-0.05, 0) is 30.2 Å². The van der Waals surface area contributed by atoms with E-state index in [0.29, 0.717) is 17.8 Å². The Bertz CT molecular complexity index is 777. The summed E-state index contributed by atoms with van der Waals surface area (Å²) in [6.45, 7) is 9.39. The summed E-state index contributed by atoms with van der Waals surface area (Å²) in [6, 6.07) is 11.0. The van der Waals surface area contributed by atoms with Crippen LogP contribution in [-0.4, -0.2) is 47.7 Å². The van der Waals surface area contributed by atoms with Crippen LogP contribution in [0.1, 0.15) is 69.1 Å². The summed E-state index contributed by atoms with van der Waals surface area (Å²) < 4.78 is 5.33. The van der Waals surface area contributed by atoms with Gasteiger partial charge in [-0.2, -0.15) is 4.98 Å². The van der Waals surface area contributed by atoms with Crippen LogP contribution in [0.2, 0.25) is 0 Å². The molecule has 2 heterocycles. The van der Waals surface area contributed by atoms with Crippen LogP contribution >= 0.6 is 24.0 Å². The molecule has 1 aliphatic rings. The first-order valence-electron chi connectivity index (χ1n) is 10.9. The zero-order valence-electron chi connectivity index (χ0n) is 18.7. The normalized spacial score (nSPS) is 19.6. The molecule has 30 heavy (non-hydrogen) atoms. The Labute approximate surface area is 197 Å². The Morgan fingerprint density at radius 1 is 1.30 bits per heavy atom. The van der Waals surface area contributed by atoms with E-state index in [2.05, 4.69) is 76.5 Å². The van der Waals surface area contributed by atoms with Gasteiger partial charge in [0.05, 0.1) is 0 Å². The summed E-state index contributed by atoms with van der Waals surface area (Å²) in [5.41, 5.74) is 1.47. The van der Waals surface area contributed by atoms with E-state index in [-0.39, 0.29) is 24.0 Å². The summed E-state index contributed by atoms with van der Waals surface area (Å²) >= 11 is 0. The molecule has 1 fully saturated rings. The van der Waals surface area contributed by atoms with Crippen molar-refractivity contribution in [2.75, 3.05) is 26.7 Å². The molecule has 0 bridgehead atoms. The van der Waals surface area contributed by atoms with Gasteiger partial charge >= 0.3 is 0 Å². The lowest BCUT2D eigenvalue weighted by atomic mass is 9.79. The standard InChI is InChI=1S/C23H35N5O.HI/c1-5-18-16-28(15-13-20(18)19-10-7-6-8-11-19)23(24-4)25-14-9-12-21-26-22(17(2)3)27-29-21;/h6-8,10-11,17-18,20H,5,9,12-16H2,1-4H3,(H,24,25);1H. The summed E-state index contributed by atoms with van der Waals surface area (Å²) in [7, 11) is 1.87. The molecule has 1 saturated heterocycles. The molecule has 3 rings (SSSR count). The fourth-order valence-electron chi connectivity index (χ4n) is 4.15. The zero-order chi connectivity index (χ0) is 20.6. The van der Waals surface area contributed by atoms with Crippen molar-refractivity contribution in [1.82, 2.24) is 20.4 Å². The summed E-state index contributed by atoms with van der Waals surface area (Å²) in [6.07, 6.45) is 4.08. The highest BCUT2D eigenvalue weighted by Gasteiger charge is 2.30. The number of aliphatic imine (C=N–C) groups is 1. The minimum absolute atomic E-state index is 0. The second-order valence-corrected chi connectivity index (χ2v) is 8.20. The molecule has 0 amide bonds. The average Bonchev–Trinajstić information content (AvgIpc) is 3.23. The molecule has 0 spiro atoms. The molecule has 2 atom stereocenters. The maximum absolute atomic E-state index is 5.33. The number of likely N-dealkylation sites (tertiary alicyclic amines) is 1. The number of benzene rings is 1. The van der Waals surface area contributed by atoms with Gasteiger partial charge in [-0.15, -0.1) is 24.0 Å². The summed E-state index contributed by atoms with van der Waals surface area (Å²) in [5.74, 6) is 4.11. The van der Waals surface area contributed by atoms with Crippen molar-refractivity contribution < 1.29 is 4.52 Å². The van der Waals surface area contributed by atoms with Gasteiger partial charge in [0.25, 0.3) is 0 Å². The molecule has 1 aromatic carbocycles. The number of nitrogens with one attached hydrogen (secondary N) is 1. The van der Waals surface area contributed by atoms with Crippen molar-refractivity contribution in [1.29, 1.82) is 0 Å². The second-order valence-electron chi connectivity index (χ2n) is 8.20. The molecule has 0 saturated carbocycles. The van der Waals surface area contributed by atoms with Gasteiger partial charge in [0.1, 0.15) is 0 Å². The SMILES string of the molecule is CCC1CN(C(=NC)NCCCc2nc(C(C)C)no2)CCC1c1ccccc1.I. The molecule has 0 aliphatic carbocycles. The smallest absolute Gasteiger partial charge is 0.226 e. The highest BCUT2D eigenvalue weighted by molar-refractivity contribution is 14.0. The van der Waals surface area contributed by atoms with Crippen molar-refractivity contribution in [3.8, 4) is 0 Å². The third-order valence-corrected chi connectivity index (χ3v) is 5.85. The van der Waals surface area contributed by atoms with E-state index in [1.54, 1.807) is 0 Å². The van der Waals surface area contributed by atoms with Crippen molar-refractivity contribution in [3.63, 3.8) is 0 Å². The number of hydrogen-bond donors (Lipinski definition) is 1. The Kier molecular flexibility index (Phi) is 10.1. The van der Waals surface area contributed by atoms with Gasteiger partial charge in [-0.3, -0.25) is 4.99 Å². The predicted molar refractivity (Wildman–Crippen MR) is 133 cm³/mol. The van der Waals surface area contributed by atoms with Crippen LogP contribution in [0.3, 0.4) is 0 Å². The first-order chi connectivity index (χ1) is 14.1. The summed E-state index contributed by atoms with van der Waals surface area (Å²) in [4.78, 5) is 11.4. The lowest BCUT2D eigenvalue weighted by molar-refractivity contribution is 0.215. The molecule has 2 aromatic rings. The van der Waals surface area contributed by atoms with Gasteiger partial charge in [-0.25, -0.2) is 0 Å². The number of nitrogens with zero attached hydrogens (tertiary/aromatic N) is 4. The number of rotatable bonds is 7. The number of aromatic nitrogens is 2. The van der Waals surface area contributed by atoms with Gasteiger partial charge < -0.3 is 14.7 Å². The average molecular weight is 525 g/mol. The number of guanidine groups is 1. The van der Waals surface area contributed by atoms with Crippen LogP contribution in [0.5, 0.6) is 0 Å². The third-order valence-electron chi connectivity index (χ3n) is 5.85. The highest BCUT2D eigenvalue weighted by Crippen LogP contribution is 2.34. The van der Waals surface area contributed by atoms with Gasteiger partial charge in [-0.1, -0.05) is 62.7 Å². The van der Waals surface area contributed by atoms with E-state index >= 15 is 0 Å². The van der Waals surface area contributed by atoms with Crippen LogP contribution in [0.15, 0.2) is 39.8 Å². The molecule has 1 N–H and O–H groups in total. The van der Waals surface area contributed by atoms with E-state index in [0.717, 1.165) is 50.2 Å². The molecule has 2 unspecified atom stereocenters. The first kappa shape index (κ1) is 24.6. The number of piperidine rings is 1. The second kappa shape index (κ2) is 12.3. The minimum Gasteiger partial charge on any atom is -0.356 e. The fourth-order valence-corrected chi connectivity index (χ4v) is 4.15.